The van der Waals surface area contributed by atoms with Gasteiger partial charge in [-0.25, -0.2) is 0 Å². The van der Waals surface area contributed by atoms with E-state index < -0.39 is 11.6 Å². The molecule has 1 saturated carbocycles. The highest BCUT2D eigenvalue weighted by atomic mass is 16.6. The van der Waals surface area contributed by atoms with Gasteiger partial charge in [0.15, 0.2) is 0 Å². The number of terminal acetylenes is 2. The fourth-order valence-electron chi connectivity index (χ4n) is 2.16. The van der Waals surface area contributed by atoms with Crippen molar-refractivity contribution < 1.29 is 9.53 Å². The molecule has 0 spiro atoms. The number of carbonyl (C=O) groups excluding carboxylic acids is 1. The lowest BCUT2D eigenvalue weighted by molar-refractivity contribution is -0.151. The van der Waals surface area contributed by atoms with E-state index in [9.17, 15) is 4.79 Å². The summed E-state index contributed by atoms with van der Waals surface area (Å²) in [5.74, 6) is 4.68. The van der Waals surface area contributed by atoms with Gasteiger partial charge in [-0.1, -0.05) is 19.3 Å². The lowest BCUT2D eigenvalue weighted by Gasteiger charge is -2.33. The van der Waals surface area contributed by atoms with Gasteiger partial charge in [0.25, 0.3) is 0 Å². The lowest BCUT2D eigenvalue weighted by Crippen LogP contribution is -2.40. The maximum Gasteiger partial charge on any atom is 0.304 e. The van der Waals surface area contributed by atoms with Gasteiger partial charge in [0.2, 0.25) is 5.60 Å². The van der Waals surface area contributed by atoms with Gasteiger partial charge in [-0.2, -0.15) is 0 Å². The molecule has 15 heavy (non-hydrogen) atoms. The third kappa shape index (κ3) is 2.54. The van der Waals surface area contributed by atoms with E-state index in [1.165, 1.54) is 13.3 Å². The Hall–Kier alpha value is -1.41. The quantitative estimate of drug-likeness (QED) is 0.509. The number of esters is 1. The first-order chi connectivity index (χ1) is 7.14. The largest absolute Gasteiger partial charge is 0.434 e. The predicted octanol–water partition coefficient (Wildman–Crippen LogP) is 2.13. The Balaban J connectivity index is 2.85. The van der Waals surface area contributed by atoms with Crippen molar-refractivity contribution in [3.63, 3.8) is 0 Å². The molecule has 1 aliphatic carbocycles. The third-order valence-electron chi connectivity index (χ3n) is 2.91. The zero-order valence-electron chi connectivity index (χ0n) is 9.08. The standard InChI is InChI=1S/C13H16O2/c1-4-13(5-2,15-11(3)14)12-9-7-6-8-10-12/h1-2,12H,6-10H2,3H3. The summed E-state index contributed by atoms with van der Waals surface area (Å²) >= 11 is 0. The molecule has 0 atom stereocenters. The fourth-order valence-corrected chi connectivity index (χ4v) is 2.16. The molecular formula is C13H16O2. The van der Waals surface area contributed by atoms with Crippen LogP contribution in [0.25, 0.3) is 0 Å². The molecule has 0 aromatic heterocycles. The molecule has 0 heterocycles. The monoisotopic (exact) mass is 204 g/mol. The predicted molar refractivity (Wildman–Crippen MR) is 58.7 cm³/mol. The summed E-state index contributed by atoms with van der Waals surface area (Å²) in [6.07, 6.45) is 16.2. The smallest absolute Gasteiger partial charge is 0.304 e. The normalized spacial score (nSPS) is 17.5. The van der Waals surface area contributed by atoms with Crippen LogP contribution in [0.5, 0.6) is 0 Å². The minimum Gasteiger partial charge on any atom is -0.434 e. The highest BCUT2D eigenvalue weighted by Gasteiger charge is 2.39. The molecule has 0 aliphatic heterocycles. The number of rotatable bonds is 2. The van der Waals surface area contributed by atoms with E-state index in [-0.39, 0.29) is 5.92 Å². The third-order valence-corrected chi connectivity index (χ3v) is 2.91. The lowest BCUT2D eigenvalue weighted by atomic mass is 9.77. The Morgan fingerprint density at radius 3 is 2.20 bits per heavy atom. The molecule has 1 aliphatic rings. The molecule has 0 saturated heterocycles. The van der Waals surface area contributed by atoms with Crippen LogP contribution in [0.1, 0.15) is 39.0 Å². The van der Waals surface area contributed by atoms with Crippen molar-refractivity contribution in [3.05, 3.63) is 0 Å². The minimum absolute atomic E-state index is 0.116. The molecular weight excluding hydrogens is 188 g/mol. The highest BCUT2D eigenvalue weighted by Crippen LogP contribution is 2.34. The van der Waals surface area contributed by atoms with Gasteiger partial charge in [0.1, 0.15) is 0 Å². The topological polar surface area (TPSA) is 26.3 Å². The second-order valence-electron chi connectivity index (χ2n) is 3.95. The zero-order valence-corrected chi connectivity index (χ0v) is 9.08. The molecule has 1 fully saturated rings. The van der Waals surface area contributed by atoms with Crippen molar-refractivity contribution >= 4 is 5.97 Å². The number of hydrogen-bond acceptors (Lipinski definition) is 2. The average molecular weight is 204 g/mol. The zero-order chi connectivity index (χ0) is 11.3. The van der Waals surface area contributed by atoms with Gasteiger partial charge in [0.05, 0.1) is 0 Å². The summed E-state index contributed by atoms with van der Waals surface area (Å²) in [5.41, 5.74) is -1.12. The van der Waals surface area contributed by atoms with E-state index in [0.29, 0.717) is 0 Å². The molecule has 0 amide bonds. The van der Waals surface area contributed by atoms with E-state index >= 15 is 0 Å². The second-order valence-corrected chi connectivity index (χ2v) is 3.95. The van der Waals surface area contributed by atoms with Crippen molar-refractivity contribution in [1.82, 2.24) is 0 Å². The first kappa shape index (κ1) is 11.7. The maximum atomic E-state index is 11.0. The Morgan fingerprint density at radius 1 is 1.27 bits per heavy atom. The maximum absolute atomic E-state index is 11.0. The molecule has 80 valence electrons. The van der Waals surface area contributed by atoms with Crippen molar-refractivity contribution in [3.8, 4) is 24.7 Å². The van der Waals surface area contributed by atoms with E-state index in [1.54, 1.807) is 0 Å². The summed E-state index contributed by atoms with van der Waals surface area (Å²) in [7, 11) is 0. The molecule has 0 radical (unpaired) electrons. The van der Waals surface area contributed by atoms with E-state index in [0.717, 1.165) is 25.7 Å². The summed E-state index contributed by atoms with van der Waals surface area (Å²) < 4.78 is 5.16. The first-order valence-corrected chi connectivity index (χ1v) is 5.29. The molecule has 0 aromatic carbocycles. The van der Waals surface area contributed by atoms with Gasteiger partial charge >= 0.3 is 5.97 Å². The van der Waals surface area contributed by atoms with Crippen molar-refractivity contribution in [2.75, 3.05) is 0 Å². The summed E-state index contributed by atoms with van der Waals surface area (Å²) in [6.45, 7) is 1.34. The van der Waals surface area contributed by atoms with Gasteiger partial charge in [0, 0.05) is 12.8 Å². The van der Waals surface area contributed by atoms with E-state index in [2.05, 4.69) is 11.8 Å². The second kappa shape index (κ2) is 4.89. The van der Waals surface area contributed by atoms with Crippen LogP contribution in [-0.2, 0) is 9.53 Å². The SMILES string of the molecule is C#CC(C#C)(OC(C)=O)C1CCCCC1. The van der Waals surface area contributed by atoms with E-state index in [1.807, 2.05) is 0 Å². The van der Waals surface area contributed by atoms with Crippen LogP contribution in [-0.4, -0.2) is 11.6 Å². The van der Waals surface area contributed by atoms with Gasteiger partial charge in [-0.05, 0) is 24.7 Å². The van der Waals surface area contributed by atoms with Gasteiger partial charge in [-0.3, -0.25) is 4.79 Å². The number of ether oxygens (including phenoxy) is 1. The summed E-state index contributed by atoms with van der Waals surface area (Å²) in [4.78, 5) is 11.0. The van der Waals surface area contributed by atoms with Crippen molar-refractivity contribution in [2.24, 2.45) is 5.92 Å². The molecule has 2 nitrogen and oxygen atoms in total. The number of hydrogen-bond donors (Lipinski definition) is 0. The summed E-state index contributed by atoms with van der Waals surface area (Å²) in [5, 5.41) is 0. The Kier molecular flexibility index (Phi) is 3.81. The molecule has 1 rings (SSSR count). The Bertz CT molecular complexity index is 296. The van der Waals surface area contributed by atoms with Crippen LogP contribution in [0.15, 0.2) is 0 Å². The highest BCUT2D eigenvalue weighted by molar-refractivity contribution is 5.68. The van der Waals surface area contributed by atoms with Crippen LogP contribution in [0.4, 0.5) is 0 Å². The van der Waals surface area contributed by atoms with Crippen LogP contribution >= 0.6 is 0 Å². The van der Waals surface area contributed by atoms with Gasteiger partial charge in [-0.15, -0.1) is 12.8 Å². The van der Waals surface area contributed by atoms with Crippen LogP contribution < -0.4 is 0 Å². The average Bonchev–Trinajstić information content (AvgIpc) is 2.27. The molecule has 0 bridgehead atoms. The minimum atomic E-state index is -1.12. The molecule has 2 heteroatoms. The molecule has 0 aromatic rings. The van der Waals surface area contributed by atoms with Crippen molar-refractivity contribution in [2.45, 2.75) is 44.6 Å². The van der Waals surface area contributed by atoms with Crippen LogP contribution in [0.2, 0.25) is 0 Å². The molecule has 0 unspecified atom stereocenters. The Morgan fingerprint density at radius 2 is 1.80 bits per heavy atom. The van der Waals surface area contributed by atoms with Crippen molar-refractivity contribution in [1.29, 1.82) is 0 Å². The number of carbonyl (C=O) groups is 1. The van der Waals surface area contributed by atoms with E-state index in [4.69, 9.17) is 17.6 Å². The summed E-state index contributed by atoms with van der Waals surface area (Å²) in [6, 6.07) is 0. The first-order valence-electron chi connectivity index (χ1n) is 5.29. The van der Waals surface area contributed by atoms with Gasteiger partial charge < -0.3 is 4.74 Å². The molecule has 0 N–H and O–H groups in total. The van der Waals surface area contributed by atoms with Crippen LogP contribution in [0, 0.1) is 30.6 Å². The van der Waals surface area contributed by atoms with Crippen LogP contribution in [0.3, 0.4) is 0 Å². The Labute approximate surface area is 91.4 Å². The fraction of sp³-hybridized carbons (Fsp3) is 0.615.